The Bertz CT molecular complexity index is 338. The molecule has 0 aromatic carbocycles. The van der Waals surface area contributed by atoms with Crippen LogP contribution in [-0.2, 0) is 16.0 Å². The summed E-state index contributed by atoms with van der Waals surface area (Å²) in [5.41, 5.74) is 1.35. The highest BCUT2D eigenvalue weighted by Crippen LogP contribution is 2.02. The van der Waals surface area contributed by atoms with E-state index in [-0.39, 0.29) is 12.6 Å². The molecule has 0 aliphatic heterocycles. The summed E-state index contributed by atoms with van der Waals surface area (Å²) in [6, 6.07) is 3.51. The topological polar surface area (TPSA) is 83.6 Å². The predicted molar refractivity (Wildman–Crippen MR) is 61.7 cm³/mol. The fourth-order valence-corrected chi connectivity index (χ4v) is 1.31. The fourth-order valence-electron chi connectivity index (χ4n) is 1.31. The molecule has 0 atom stereocenters. The van der Waals surface area contributed by atoms with Crippen molar-refractivity contribution in [1.82, 2.24) is 10.3 Å². The number of aliphatic hydroxyl groups is 1. The van der Waals surface area contributed by atoms with E-state index < -0.39 is 0 Å². The van der Waals surface area contributed by atoms with E-state index in [1.165, 1.54) is 7.11 Å². The second-order valence-corrected chi connectivity index (χ2v) is 3.40. The van der Waals surface area contributed by atoms with Gasteiger partial charge < -0.3 is 24.9 Å². The lowest BCUT2D eigenvalue weighted by atomic mass is 10.4. The van der Waals surface area contributed by atoms with Gasteiger partial charge in [0.15, 0.2) is 0 Å². The molecule has 0 bridgehead atoms. The maximum atomic E-state index is 11.2. The third kappa shape index (κ3) is 4.99. The molecular formula is C11H18N2O4. The van der Waals surface area contributed by atoms with Gasteiger partial charge in [-0.05, 0) is 12.1 Å². The minimum atomic E-state index is -0.373. The van der Waals surface area contributed by atoms with E-state index in [4.69, 9.17) is 9.84 Å². The first-order chi connectivity index (χ1) is 8.27. The van der Waals surface area contributed by atoms with Crippen LogP contribution in [0.25, 0.3) is 0 Å². The number of nitrogens with one attached hydrogen (secondary N) is 2. The molecule has 0 unspecified atom stereocenters. The number of hydrogen-bond donors (Lipinski definition) is 3. The van der Waals surface area contributed by atoms with Crippen LogP contribution in [0.2, 0.25) is 0 Å². The average molecular weight is 242 g/mol. The van der Waals surface area contributed by atoms with Gasteiger partial charge in [-0.3, -0.25) is 0 Å². The van der Waals surface area contributed by atoms with Crippen LogP contribution >= 0.6 is 0 Å². The van der Waals surface area contributed by atoms with Gasteiger partial charge in [-0.25, -0.2) is 4.79 Å². The molecule has 0 aliphatic carbocycles. The van der Waals surface area contributed by atoms with E-state index in [1.807, 2.05) is 6.07 Å². The molecule has 6 nitrogen and oxygen atoms in total. The minimum Gasteiger partial charge on any atom is -0.464 e. The monoisotopic (exact) mass is 242 g/mol. The molecule has 0 radical (unpaired) electrons. The molecular weight excluding hydrogens is 224 g/mol. The van der Waals surface area contributed by atoms with Crippen molar-refractivity contribution >= 4 is 5.97 Å². The Kier molecular flexibility index (Phi) is 6.31. The molecule has 1 rings (SSSR count). The molecule has 3 N–H and O–H groups in total. The van der Waals surface area contributed by atoms with Gasteiger partial charge in [-0.15, -0.1) is 0 Å². The number of aromatic amines is 1. The number of methoxy groups -OCH3 is 1. The predicted octanol–water partition coefficient (Wildman–Crippen LogP) is -0.100. The number of hydrogen-bond acceptors (Lipinski definition) is 5. The molecule has 0 saturated carbocycles. The van der Waals surface area contributed by atoms with E-state index in [9.17, 15) is 4.79 Å². The minimum absolute atomic E-state index is 0.0408. The standard InChI is InChI=1S/C11H18N2O4/c1-16-11(15)10-3-2-9(13-10)8-12-4-6-17-7-5-14/h2-3,12-14H,4-8H2,1H3. The van der Waals surface area contributed by atoms with Crippen LogP contribution in [0, 0.1) is 0 Å². The van der Waals surface area contributed by atoms with Crippen LogP contribution in [0.3, 0.4) is 0 Å². The van der Waals surface area contributed by atoms with Crippen molar-refractivity contribution in [3.63, 3.8) is 0 Å². The highest BCUT2D eigenvalue weighted by Gasteiger charge is 2.07. The van der Waals surface area contributed by atoms with Crippen molar-refractivity contribution in [3.8, 4) is 0 Å². The summed E-state index contributed by atoms with van der Waals surface area (Å²) in [5.74, 6) is -0.373. The zero-order valence-electron chi connectivity index (χ0n) is 9.86. The number of aromatic nitrogens is 1. The van der Waals surface area contributed by atoms with Gasteiger partial charge >= 0.3 is 5.97 Å². The van der Waals surface area contributed by atoms with Crippen LogP contribution in [0.5, 0.6) is 0 Å². The van der Waals surface area contributed by atoms with Crippen molar-refractivity contribution in [3.05, 3.63) is 23.5 Å². The van der Waals surface area contributed by atoms with Gasteiger partial charge in [-0.1, -0.05) is 0 Å². The fraction of sp³-hybridized carbons (Fsp3) is 0.545. The van der Waals surface area contributed by atoms with Gasteiger partial charge in [0, 0.05) is 18.8 Å². The number of carbonyl (C=O) groups is 1. The lowest BCUT2D eigenvalue weighted by molar-refractivity contribution is 0.0594. The first kappa shape index (κ1) is 13.7. The number of carbonyl (C=O) groups excluding carboxylic acids is 1. The molecule has 1 aromatic rings. The van der Waals surface area contributed by atoms with E-state index >= 15 is 0 Å². The van der Waals surface area contributed by atoms with Crippen molar-refractivity contribution < 1.29 is 19.4 Å². The lowest BCUT2D eigenvalue weighted by Gasteiger charge is -2.03. The molecule has 0 saturated heterocycles. The number of rotatable bonds is 8. The zero-order valence-corrected chi connectivity index (χ0v) is 9.86. The van der Waals surface area contributed by atoms with Crippen molar-refractivity contribution in [1.29, 1.82) is 0 Å². The van der Waals surface area contributed by atoms with E-state index in [1.54, 1.807) is 6.07 Å². The van der Waals surface area contributed by atoms with Crippen molar-refractivity contribution in [2.45, 2.75) is 6.54 Å². The van der Waals surface area contributed by atoms with Gasteiger partial charge in [0.05, 0.1) is 26.9 Å². The summed E-state index contributed by atoms with van der Waals surface area (Å²) in [6.07, 6.45) is 0. The molecule has 6 heteroatoms. The number of ether oxygens (including phenoxy) is 2. The molecule has 0 aliphatic rings. The summed E-state index contributed by atoms with van der Waals surface area (Å²) in [7, 11) is 1.35. The Morgan fingerprint density at radius 1 is 1.47 bits per heavy atom. The van der Waals surface area contributed by atoms with Crippen LogP contribution in [-0.4, -0.2) is 49.5 Å². The third-order valence-electron chi connectivity index (χ3n) is 2.13. The van der Waals surface area contributed by atoms with Crippen molar-refractivity contribution in [2.75, 3.05) is 33.5 Å². The first-order valence-electron chi connectivity index (χ1n) is 5.43. The Morgan fingerprint density at radius 2 is 2.29 bits per heavy atom. The number of H-pyrrole nitrogens is 1. The first-order valence-corrected chi connectivity index (χ1v) is 5.43. The Morgan fingerprint density at radius 3 is 3.00 bits per heavy atom. The van der Waals surface area contributed by atoms with Gasteiger partial charge in [-0.2, -0.15) is 0 Å². The molecule has 0 amide bonds. The Balaban J connectivity index is 2.19. The van der Waals surface area contributed by atoms with Gasteiger partial charge in [0.25, 0.3) is 0 Å². The van der Waals surface area contributed by atoms with Crippen LogP contribution in [0.1, 0.15) is 16.2 Å². The molecule has 17 heavy (non-hydrogen) atoms. The molecule has 0 fully saturated rings. The maximum Gasteiger partial charge on any atom is 0.354 e. The largest absolute Gasteiger partial charge is 0.464 e. The normalized spacial score (nSPS) is 10.5. The van der Waals surface area contributed by atoms with E-state index in [2.05, 4.69) is 15.0 Å². The van der Waals surface area contributed by atoms with E-state index in [0.29, 0.717) is 32.0 Å². The third-order valence-corrected chi connectivity index (χ3v) is 2.13. The highest BCUT2D eigenvalue weighted by molar-refractivity contribution is 5.87. The SMILES string of the molecule is COC(=O)c1ccc(CNCCOCCO)[nH]1. The summed E-state index contributed by atoms with van der Waals surface area (Å²) in [6.45, 7) is 2.26. The highest BCUT2D eigenvalue weighted by atomic mass is 16.5. The molecule has 0 spiro atoms. The summed E-state index contributed by atoms with van der Waals surface area (Å²) < 4.78 is 9.67. The van der Waals surface area contributed by atoms with E-state index in [0.717, 1.165) is 5.69 Å². The van der Waals surface area contributed by atoms with Crippen LogP contribution < -0.4 is 5.32 Å². The maximum absolute atomic E-state index is 11.2. The quantitative estimate of drug-likeness (QED) is 0.438. The summed E-state index contributed by atoms with van der Waals surface area (Å²) in [5, 5.41) is 11.6. The Labute approximate surface area is 99.9 Å². The zero-order chi connectivity index (χ0) is 12.5. The number of aliphatic hydroxyl groups excluding tert-OH is 1. The second kappa shape index (κ2) is 7.83. The van der Waals surface area contributed by atoms with Gasteiger partial charge in [0.1, 0.15) is 5.69 Å². The van der Waals surface area contributed by atoms with Gasteiger partial charge in [0.2, 0.25) is 0 Å². The molecule has 96 valence electrons. The molecule has 1 heterocycles. The summed E-state index contributed by atoms with van der Waals surface area (Å²) in [4.78, 5) is 14.1. The van der Waals surface area contributed by atoms with Crippen LogP contribution in [0.15, 0.2) is 12.1 Å². The average Bonchev–Trinajstić information content (AvgIpc) is 2.81. The van der Waals surface area contributed by atoms with Crippen molar-refractivity contribution in [2.24, 2.45) is 0 Å². The Hall–Kier alpha value is -1.37. The summed E-state index contributed by atoms with van der Waals surface area (Å²) >= 11 is 0. The molecule has 1 aromatic heterocycles. The number of esters is 1. The lowest BCUT2D eigenvalue weighted by Crippen LogP contribution is -2.20. The van der Waals surface area contributed by atoms with Crippen LogP contribution in [0.4, 0.5) is 0 Å². The second-order valence-electron chi connectivity index (χ2n) is 3.40. The smallest absolute Gasteiger partial charge is 0.354 e.